The average molecular weight is 464 g/mol. The molecule has 0 saturated carbocycles. The Balaban J connectivity index is 1.27. The predicted octanol–water partition coefficient (Wildman–Crippen LogP) is 3.74. The predicted molar refractivity (Wildman–Crippen MR) is 128 cm³/mol. The number of hydrogen-bond acceptors (Lipinski definition) is 5. The smallest absolute Gasteiger partial charge is 0.262 e. The number of hydrogen-bond donors (Lipinski definition) is 2. The number of thiophene rings is 1. The Bertz CT molecular complexity index is 1130. The van der Waals surface area contributed by atoms with Crippen molar-refractivity contribution in [2.24, 2.45) is 5.92 Å². The molecule has 3 aromatic rings. The summed E-state index contributed by atoms with van der Waals surface area (Å²) in [4.78, 5) is 39.8. The number of rotatable bonds is 8. The van der Waals surface area contributed by atoms with E-state index in [1.165, 1.54) is 0 Å². The van der Waals surface area contributed by atoms with Crippen LogP contribution in [0.25, 0.3) is 0 Å². The zero-order valence-electron chi connectivity index (χ0n) is 18.2. The highest BCUT2D eigenvalue weighted by Crippen LogP contribution is 2.27. The van der Waals surface area contributed by atoms with E-state index < -0.39 is 0 Å². The molecule has 0 radical (unpaired) electrons. The first kappa shape index (κ1) is 22.5. The fourth-order valence-electron chi connectivity index (χ4n) is 3.64. The van der Waals surface area contributed by atoms with Crippen LogP contribution in [0.4, 0.5) is 11.4 Å². The van der Waals surface area contributed by atoms with Crippen LogP contribution < -0.4 is 20.3 Å². The lowest BCUT2D eigenvalue weighted by atomic mass is 10.1. The molecule has 1 aliphatic rings. The van der Waals surface area contributed by atoms with Crippen molar-refractivity contribution in [3.05, 3.63) is 76.5 Å². The lowest BCUT2D eigenvalue weighted by Crippen LogP contribution is -2.32. The van der Waals surface area contributed by atoms with E-state index in [4.69, 9.17) is 4.74 Å². The Kier molecular flexibility index (Phi) is 7.04. The van der Waals surface area contributed by atoms with Crippen molar-refractivity contribution < 1.29 is 19.1 Å². The van der Waals surface area contributed by atoms with E-state index in [9.17, 15) is 14.4 Å². The van der Waals surface area contributed by atoms with Crippen molar-refractivity contribution in [2.75, 3.05) is 23.4 Å². The standard InChI is InChI=1S/C25H25N3O4S/c1-17-5-2-3-7-22(17)27-23(29)16-32-20-10-8-19(9-11-20)28-15-18(13-24(28)30)25(31)26-14-21-6-4-12-33-21/h2-12,18H,13-16H2,1H3,(H,26,31)(H,27,29)/t18-/m0/s1. The van der Waals surface area contributed by atoms with E-state index in [-0.39, 0.29) is 36.7 Å². The number of benzene rings is 2. The number of carbonyl (C=O) groups excluding carboxylic acids is 3. The van der Waals surface area contributed by atoms with Crippen LogP contribution in [0.1, 0.15) is 16.9 Å². The van der Waals surface area contributed by atoms with Crippen LogP contribution >= 0.6 is 11.3 Å². The number of amides is 3. The fourth-order valence-corrected chi connectivity index (χ4v) is 4.28. The van der Waals surface area contributed by atoms with E-state index in [1.807, 2.05) is 48.7 Å². The highest BCUT2D eigenvalue weighted by molar-refractivity contribution is 7.09. The molecule has 2 N–H and O–H groups in total. The highest BCUT2D eigenvalue weighted by atomic mass is 32.1. The van der Waals surface area contributed by atoms with Crippen molar-refractivity contribution in [1.29, 1.82) is 0 Å². The number of nitrogens with one attached hydrogen (secondary N) is 2. The molecule has 0 bridgehead atoms. The van der Waals surface area contributed by atoms with E-state index >= 15 is 0 Å². The Labute approximate surface area is 196 Å². The normalized spacial score (nSPS) is 15.4. The summed E-state index contributed by atoms with van der Waals surface area (Å²) in [5.74, 6) is -0.301. The van der Waals surface area contributed by atoms with E-state index in [1.54, 1.807) is 40.5 Å². The minimum atomic E-state index is -0.376. The van der Waals surface area contributed by atoms with Crippen molar-refractivity contribution >= 4 is 40.4 Å². The van der Waals surface area contributed by atoms with Crippen LogP contribution in [-0.2, 0) is 20.9 Å². The molecule has 1 fully saturated rings. The Morgan fingerprint density at radius 1 is 1.09 bits per heavy atom. The number of anilines is 2. The first-order valence-corrected chi connectivity index (χ1v) is 11.6. The topological polar surface area (TPSA) is 87.7 Å². The number of carbonyl (C=O) groups is 3. The van der Waals surface area contributed by atoms with E-state index in [0.29, 0.717) is 24.5 Å². The quantitative estimate of drug-likeness (QED) is 0.533. The van der Waals surface area contributed by atoms with Crippen LogP contribution in [0.3, 0.4) is 0 Å². The summed E-state index contributed by atoms with van der Waals surface area (Å²) < 4.78 is 5.57. The molecule has 0 spiro atoms. The minimum Gasteiger partial charge on any atom is -0.484 e. The Morgan fingerprint density at radius 2 is 1.88 bits per heavy atom. The largest absolute Gasteiger partial charge is 0.484 e. The van der Waals surface area contributed by atoms with Crippen molar-refractivity contribution in [3.63, 3.8) is 0 Å². The zero-order valence-corrected chi connectivity index (χ0v) is 19.1. The molecule has 7 nitrogen and oxygen atoms in total. The molecule has 1 aromatic heterocycles. The summed E-state index contributed by atoms with van der Waals surface area (Å²) in [5, 5.41) is 7.70. The zero-order chi connectivity index (χ0) is 23.2. The second-order valence-electron chi connectivity index (χ2n) is 7.85. The van der Waals surface area contributed by atoms with Crippen LogP contribution in [-0.4, -0.2) is 30.9 Å². The van der Waals surface area contributed by atoms with Crippen LogP contribution in [0.2, 0.25) is 0 Å². The molecular formula is C25H25N3O4S. The van der Waals surface area contributed by atoms with Gasteiger partial charge >= 0.3 is 0 Å². The summed E-state index contributed by atoms with van der Waals surface area (Å²) >= 11 is 1.58. The van der Waals surface area contributed by atoms with Gasteiger partial charge in [-0.05, 0) is 54.3 Å². The van der Waals surface area contributed by atoms with Gasteiger partial charge in [-0.2, -0.15) is 0 Å². The molecule has 3 amide bonds. The monoisotopic (exact) mass is 463 g/mol. The van der Waals surface area contributed by atoms with Gasteiger partial charge in [0.05, 0.1) is 12.5 Å². The van der Waals surface area contributed by atoms with Crippen LogP contribution in [0.15, 0.2) is 66.0 Å². The number of para-hydroxylation sites is 1. The summed E-state index contributed by atoms with van der Waals surface area (Å²) in [6, 6.07) is 18.4. The molecule has 1 atom stereocenters. The maximum Gasteiger partial charge on any atom is 0.262 e. The molecule has 2 heterocycles. The average Bonchev–Trinajstić information content (AvgIpc) is 3.48. The molecule has 2 aromatic carbocycles. The van der Waals surface area contributed by atoms with Crippen molar-refractivity contribution in [3.8, 4) is 5.75 Å². The van der Waals surface area contributed by atoms with Gasteiger partial charge in [0.2, 0.25) is 11.8 Å². The van der Waals surface area contributed by atoms with Gasteiger partial charge in [-0.3, -0.25) is 14.4 Å². The lowest BCUT2D eigenvalue weighted by Gasteiger charge is -2.17. The van der Waals surface area contributed by atoms with E-state index in [2.05, 4.69) is 10.6 Å². The van der Waals surface area contributed by atoms with Gasteiger partial charge in [-0.1, -0.05) is 24.3 Å². The molecule has 1 saturated heterocycles. The lowest BCUT2D eigenvalue weighted by molar-refractivity contribution is -0.126. The minimum absolute atomic E-state index is 0.0856. The van der Waals surface area contributed by atoms with Gasteiger partial charge < -0.3 is 20.3 Å². The molecule has 0 unspecified atom stereocenters. The molecule has 1 aliphatic heterocycles. The van der Waals surface area contributed by atoms with Crippen molar-refractivity contribution in [2.45, 2.75) is 19.9 Å². The number of ether oxygens (including phenoxy) is 1. The third kappa shape index (κ3) is 5.78. The first-order valence-electron chi connectivity index (χ1n) is 10.7. The summed E-state index contributed by atoms with van der Waals surface area (Å²) in [5.41, 5.74) is 2.43. The maximum absolute atomic E-state index is 12.5. The van der Waals surface area contributed by atoms with E-state index in [0.717, 1.165) is 16.1 Å². The molecular weight excluding hydrogens is 438 g/mol. The Hall–Kier alpha value is -3.65. The van der Waals surface area contributed by atoms with Gasteiger partial charge in [0.15, 0.2) is 6.61 Å². The van der Waals surface area contributed by atoms with Gasteiger partial charge in [0.25, 0.3) is 5.91 Å². The van der Waals surface area contributed by atoms with Crippen LogP contribution in [0.5, 0.6) is 5.75 Å². The molecule has 8 heteroatoms. The second kappa shape index (κ2) is 10.3. The Morgan fingerprint density at radius 3 is 2.61 bits per heavy atom. The van der Waals surface area contributed by atoms with Gasteiger partial charge in [0, 0.05) is 29.2 Å². The SMILES string of the molecule is Cc1ccccc1NC(=O)COc1ccc(N2C[C@@H](C(=O)NCc3cccs3)CC2=O)cc1. The molecule has 0 aliphatic carbocycles. The number of aryl methyl sites for hydroxylation is 1. The molecule has 170 valence electrons. The van der Waals surface area contributed by atoms with Gasteiger partial charge in [-0.15, -0.1) is 11.3 Å². The third-order valence-electron chi connectivity index (χ3n) is 5.45. The summed E-state index contributed by atoms with van der Waals surface area (Å²) in [6.07, 6.45) is 0.188. The summed E-state index contributed by atoms with van der Waals surface area (Å²) in [6.45, 7) is 2.62. The summed E-state index contributed by atoms with van der Waals surface area (Å²) in [7, 11) is 0. The fraction of sp³-hybridized carbons (Fsp3) is 0.240. The first-order chi connectivity index (χ1) is 16.0. The number of nitrogens with zero attached hydrogens (tertiary/aromatic N) is 1. The van der Waals surface area contributed by atoms with Crippen LogP contribution in [0, 0.1) is 12.8 Å². The van der Waals surface area contributed by atoms with Gasteiger partial charge in [-0.25, -0.2) is 0 Å². The second-order valence-corrected chi connectivity index (χ2v) is 8.88. The van der Waals surface area contributed by atoms with Crippen molar-refractivity contribution in [1.82, 2.24) is 5.32 Å². The molecule has 33 heavy (non-hydrogen) atoms. The highest BCUT2D eigenvalue weighted by Gasteiger charge is 2.35. The molecule has 4 rings (SSSR count). The maximum atomic E-state index is 12.5. The third-order valence-corrected chi connectivity index (χ3v) is 6.33. The van der Waals surface area contributed by atoms with Gasteiger partial charge in [0.1, 0.15) is 5.75 Å².